The van der Waals surface area contributed by atoms with Gasteiger partial charge in [0.2, 0.25) is 0 Å². The molecule has 1 aromatic heterocycles. The molecule has 2 aromatic rings. The predicted molar refractivity (Wildman–Crippen MR) is 87.7 cm³/mol. The van der Waals surface area contributed by atoms with Crippen molar-refractivity contribution in [2.24, 2.45) is 0 Å². The molecule has 21 heavy (non-hydrogen) atoms. The number of ether oxygens (including phenoxy) is 1. The molecule has 3 nitrogen and oxygen atoms in total. The van der Waals surface area contributed by atoms with Crippen LogP contribution in [0.5, 0.6) is 5.75 Å². The molecule has 1 aliphatic rings. The number of hydrogen-bond acceptors (Lipinski definition) is 3. The van der Waals surface area contributed by atoms with Gasteiger partial charge in [0.1, 0.15) is 4.60 Å². The monoisotopic (exact) mass is 346 g/mol. The Morgan fingerprint density at radius 2 is 2.10 bits per heavy atom. The Morgan fingerprint density at radius 1 is 1.33 bits per heavy atom. The molecule has 0 bridgehead atoms. The first kappa shape index (κ1) is 14.5. The summed E-state index contributed by atoms with van der Waals surface area (Å²) in [5.74, 6) is 0.893. The van der Waals surface area contributed by atoms with E-state index in [1.165, 1.54) is 11.1 Å². The Bertz CT molecular complexity index is 645. The largest absolute Gasteiger partial charge is 0.489 e. The van der Waals surface area contributed by atoms with E-state index in [0.717, 1.165) is 29.1 Å². The fourth-order valence-electron chi connectivity index (χ4n) is 2.74. The molecule has 0 fully saturated rings. The van der Waals surface area contributed by atoms with E-state index in [0.29, 0.717) is 6.61 Å². The van der Waals surface area contributed by atoms with Gasteiger partial charge in [-0.3, -0.25) is 0 Å². The van der Waals surface area contributed by atoms with Gasteiger partial charge < -0.3 is 10.1 Å². The first-order valence-corrected chi connectivity index (χ1v) is 7.93. The molecule has 0 radical (unpaired) electrons. The number of benzene rings is 1. The molecule has 1 atom stereocenters. The van der Waals surface area contributed by atoms with Crippen LogP contribution < -0.4 is 10.1 Å². The lowest BCUT2D eigenvalue weighted by molar-refractivity contribution is 0.270. The van der Waals surface area contributed by atoms with Crippen LogP contribution in [-0.2, 0) is 12.0 Å². The van der Waals surface area contributed by atoms with Gasteiger partial charge in [-0.15, -0.1) is 0 Å². The lowest BCUT2D eigenvalue weighted by atomic mass is 9.84. The van der Waals surface area contributed by atoms with Gasteiger partial charge in [-0.25, -0.2) is 4.98 Å². The van der Waals surface area contributed by atoms with Gasteiger partial charge in [0.05, 0.1) is 6.61 Å². The maximum Gasteiger partial charge on any atom is 0.156 e. The summed E-state index contributed by atoms with van der Waals surface area (Å²) in [6.45, 7) is 6.69. The zero-order valence-corrected chi connectivity index (χ0v) is 13.9. The van der Waals surface area contributed by atoms with E-state index in [1.54, 1.807) is 0 Å². The average molecular weight is 347 g/mol. The van der Waals surface area contributed by atoms with Crippen molar-refractivity contribution in [1.29, 1.82) is 0 Å². The molecule has 1 aromatic carbocycles. The smallest absolute Gasteiger partial charge is 0.156 e. The minimum Gasteiger partial charge on any atom is -0.489 e. The molecule has 0 unspecified atom stereocenters. The number of aryl methyl sites for hydroxylation is 1. The lowest BCUT2D eigenvalue weighted by Crippen LogP contribution is -2.36. The molecule has 2 heterocycles. The summed E-state index contributed by atoms with van der Waals surface area (Å²) in [5.41, 5.74) is 3.54. The number of pyridine rings is 1. The number of fused-ring (bicyclic) bond motifs is 1. The van der Waals surface area contributed by atoms with Crippen LogP contribution in [0.3, 0.4) is 0 Å². The molecule has 3 rings (SSSR count). The third-order valence-corrected chi connectivity index (χ3v) is 4.47. The summed E-state index contributed by atoms with van der Waals surface area (Å²) in [6, 6.07) is 12.6. The third-order valence-electron chi connectivity index (χ3n) is 3.93. The van der Waals surface area contributed by atoms with Crippen molar-refractivity contribution < 1.29 is 4.74 Å². The van der Waals surface area contributed by atoms with Gasteiger partial charge in [-0.05, 0) is 34.5 Å². The highest BCUT2D eigenvalue weighted by molar-refractivity contribution is 9.10. The van der Waals surface area contributed by atoms with Crippen LogP contribution in [0.1, 0.15) is 23.7 Å². The molecule has 1 aliphatic heterocycles. The van der Waals surface area contributed by atoms with Gasteiger partial charge in [-0.2, -0.15) is 0 Å². The third kappa shape index (κ3) is 2.97. The van der Waals surface area contributed by atoms with Crippen LogP contribution in [0.4, 0.5) is 0 Å². The molecule has 0 saturated carbocycles. The van der Waals surface area contributed by atoms with Crippen molar-refractivity contribution in [3.8, 4) is 5.75 Å². The molecule has 0 saturated heterocycles. The van der Waals surface area contributed by atoms with E-state index in [4.69, 9.17) is 4.74 Å². The molecule has 0 spiro atoms. The van der Waals surface area contributed by atoms with Crippen LogP contribution in [0, 0.1) is 6.92 Å². The van der Waals surface area contributed by atoms with Gasteiger partial charge in [0, 0.05) is 29.8 Å². The second-order valence-electron chi connectivity index (χ2n) is 5.87. The average Bonchev–Trinajstić information content (AvgIpc) is 2.78. The van der Waals surface area contributed by atoms with Crippen LogP contribution >= 0.6 is 15.9 Å². The normalized spacial score (nSPS) is 20.1. The van der Waals surface area contributed by atoms with Crippen molar-refractivity contribution >= 4 is 15.9 Å². The second kappa shape index (κ2) is 5.78. The Hall–Kier alpha value is -1.39. The quantitative estimate of drug-likeness (QED) is 0.859. The highest BCUT2D eigenvalue weighted by atomic mass is 79.9. The fourth-order valence-corrected chi connectivity index (χ4v) is 3.35. The molecule has 4 heteroatoms. The van der Waals surface area contributed by atoms with Gasteiger partial charge in [0.15, 0.2) is 5.75 Å². The molecule has 0 amide bonds. The summed E-state index contributed by atoms with van der Waals surface area (Å²) >= 11 is 3.50. The number of aromatic nitrogens is 1. The van der Waals surface area contributed by atoms with E-state index in [-0.39, 0.29) is 5.41 Å². The SMILES string of the molecule is Cc1cc2c(c(Br)n1)OC[C@@]2(C)CNCc1ccccc1. The molecule has 0 aliphatic carbocycles. The second-order valence-corrected chi connectivity index (χ2v) is 6.62. The van der Waals surface area contributed by atoms with Gasteiger partial charge in [-0.1, -0.05) is 37.3 Å². The summed E-state index contributed by atoms with van der Waals surface area (Å²) < 4.78 is 6.66. The van der Waals surface area contributed by atoms with Crippen molar-refractivity contribution in [3.05, 3.63) is 57.8 Å². The minimum absolute atomic E-state index is 0.0136. The van der Waals surface area contributed by atoms with Crippen molar-refractivity contribution in [1.82, 2.24) is 10.3 Å². The summed E-state index contributed by atoms with van der Waals surface area (Å²) in [4.78, 5) is 4.41. The summed E-state index contributed by atoms with van der Waals surface area (Å²) in [5, 5.41) is 3.55. The maximum atomic E-state index is 5.85. The zero-order valence-electron chi connectivity index (χ0n) is 12.3. The Morgan fingerprint density at radius 3 is 2.86 bits per heavy atom. The van der Waals surface area contributed by atoms with Crippen LogP contribution in [0.25, 0.3) is 0 Å². The summed E-state index contributed by atoms with van der Waals surface area (Å²) in [7, 11) is 0. The van der Waals surface area contributed by atoms with Crippen molar-refractivity contribution in [2.45, 2.75) is 25.8 Å². The Balaban J connectivity index is 1.72. The summed E-state index contributed by atoms with van der Waals surface area (Å²) in [6.07, 6.45) is 0. The first-order valence-electron chi connectivity index (χ1n) is 7.13. The first-order chi connectivity index (χ1) is 10.1. The number of nitrogens with one attached hydrogen (secondary N) is 1. The highest BCUT2D eigenvalue weighted by Gasteiger charge is 2.37. The van der Waals surface area contributed by atoms with Crippen LogP contribution in [0.15, 0.2) is 41.0 Å². The highest BCUT2D eigenvalue weighted by Crippen LogP contribution is 2.42. The molecular formula is C17H19BrN2O. The van der Waals surface area contributed by atoms with E-state index in [2.05, 4.69) is 63.5 Å². The topological polar surface area (TPSA) is 34.1 Å². The number of rotatable bonds is 4. The van der Waals surface area contributed by atoms with E-state index in [1.807, 2.05) is 13.0 Å². The lowest BCUT2D eigenvalue weighted by Gasteiger charge is -2.23. The fraction of sp³-hybridized carbons (Fsp3) is 0.353. The van der Waals surface area contributed by atoms with Gasteiger partial charge >= 0.3 is 0 Å². The van der Waals surface area contributed by atoms with Crippen molar-refractivity contribution in [2.75, 3.05) is 13.2 Å². The van der Waals surface area contributed by atoms with E-state index < -0.39 is 0 Å². The van der Waals surface area contributed by atoms with Crippen molar-refractivity contribution in [3.63, 3.8) is 0 Å². The van der Waals surface area contributed by atoms with Gasteiger partial charge in [0.25, 0.3) is 0 Å². The van der Waals surface area contributed by atoms with Crippen LogP contribution in [-0.4, -0.2) is 18.1 Å². The van der Waals surface area contributed by atoms with E-state index >= 15 is 0 Å². The standard InChI is InChI=1S/C17H19BrN2O/c1-12-8-14-15(16(18)20-12)21-11-17(14,2)10-19-9-13-6-4-3-5-7-13/h3-8,19H,9-11H2,1-2H3/t17-/m1/s1. The number of halogens is 1. The molecule has 110 valence electrons. The zero-order chi connectivity index (χ0) is 14.9. The molecular weight excluding hydrogens is 328 g/mol. The number of nitrogens with zero attached hydrogens (tertiary/aromatic N) is 1. The minimum atomic E-state index is -0.0136. The Labute approximate surface area is 133 Å². The maximum absolute atomic E-state index is 5.85. The predicted octanol–water partition coefficient (Wildman–Crippen LogP) is 3.59. The Kier molecular flexibility index (Phi) is 4.00. The number of hydrogen-bond donors (Lipinski definition) is 1. The van der Waals surface area contributed by atoms with E-state index in [9.17, 15) is 0 Å². The van der Waals surface area contributed by atoms with Crippen LogP contribution in [0.2, 0.25) is 0 Å². The molecule has 1 N–H and O–H groups in total.